The van der Waals surface area contributed by atoms with Gasteiger partial charge in [-0.2, -0.15) is 13.2 Å². The van der Waals surface area contributed by atoms with E-state index >= 15 is 0 Å². The first-order valence-electron chi connectivity index (χ1n) is 10.1. The lowest BCUT2D eigenvalue weighted by molar-refractivity contribution is -0.138. The Labute approximate surface area is 180 Å². The van der Waals surface area contributed by atoms with Crippen LogP contribution in [-0.4, -0.2) is 27.6 Å². The van der Waals surface area contributed by atoms with Crippen molar-refractivity contribution in [3.8, 4) is 0 Å². The van der Waals surface area contributed by atoms with Crippen molar-refractivity contribution >= 4 is 22.8 Å². The van der Waals surface area contributed by atoms with Crippen molar-refractivity contribution in [2.75, 3.05) is 0 Å². The van der Waals surface area contributed by atoms with Gasteiger partial charge in [0.15, 0.2) is 0 Å². The van der Waals surface area contributed by atoms with Gasteiger partial charge in [0.2, 0.25) is 5.91 Å². The van der Waals surface area contributed by atoms with Gasteiger partial charge >= 0.3 is 12.1 Å². The molecule has 9 heteroatoms. The third-order valence-electron chi connectivity index (χ3n) is 5.73. The zero-order valence-corrected chi connectivity index (χ0v) is 16.9. The average molecular weight is 448 g/mol. The third-order valence-corrected chi connectivity index (χ3v) is 5.73. The van der Waals surface area contributed by atoms with E-state index in [4.69, 9.17) is 0 Å². The summed E-state index contributed by atoms with van der Waals surface area (Å²) < 4.78 is 53.6. The van der Waals surface area contributed by atoms with Crippen LogP contribution in [0.4, 0.5) is 17.6 Å². The van der Waals surface area contributed by atoms with Crippen LogP contribution in [0.3, 0.4) is 0 Å². The van der Waals surface area contributed by atoms with Gasteiger partial charge in [0, 0.05) is 22.6 Å². The number of hydrogen-bond donors (Lipinski definition) is 2. The van der Waals surface area contributed by atoms with Gasteiger partial charge in [-0.3, -0.25) is 9.59 Å². The van der Waals surface area contributed by atoms with Crippen LogP contribution < -0.4 is 5.32 Å². The summed E-state index contributed by atoms with van der Waals surface area (Å²) in [4.78, 5) is 23.8. The van der Waals surface area contributed by atoms with Crippen LogP contribution in [0.25, 0.3) is 10.9 Å². The third kappa shape index (κ3) is 4.46. The second-order valence-electron chi connectivity index (χ2n) is 7.95. The fourth-order valence-electron chi connectivity index (χ4n) is 4.34. The Morgan fingerprint density at radius 1 is 1.12 bits per heavy atom. The topological polar surface area (TPSA) is 71.3 Å². The molecule has 32 heavy (non-hydrogen) atoms. The zero-order chi connectivity index (χ0) is 23.0. The first kappa shape index (κ1) is 21.9. The number of alkyl halides is 3. The van der Waals surface area contributed by atoms with Crippen LogP contribution in [0.5, 0.6) is 0 Å². The van der Waals surface area contributed by atoms with E-state index in [1.54, 1.807) is 10.6 Å². The number of nitrogens with zero attached hydrogens (tertiary/aromatic N) is 1. The second kappa shape index (κ2) is 8.29. The van der Waals surface area contributed by atoms with Crippen LogP contribution >= 0.6 is 0 Å². The molecule has 0 fully saturated rings. The van der Waals surface area contributed by atoms with Crippen molar-refractivity contribution in [1.29, 1.82) is 0 Å². The smallest absolute Gasteiger partial charge is 0.416 e. The second-order valence-corrected chi connectivity index (χ2v) is 7.95. The Kier molecular flexibility index (Phi) is 5.66. The monoisotopic (exact) mass is 448 g/mol. The van der Waals surface area contributed by atoms with Crippen molar-refractivity contribution in [3.05, 3.63) is 70.7 Å². The molecule has 3 aromatic rings. The number of carbonyl (C=O) groups excluding carboxylic acids is 1. The average Bonchev–Trinajstić information content (AvgIpc) is 2.99. The molecule has 4 rings (SSSR count). The Balaban J connectivity index is 1.49. The number of rotatable bonds is 5. The molecule has 1 aliphatic rings. The quantitative estimate of drug-likeness (QED) is 0.578. The number of carbonyl (C=O) groups is 2. The number of carboxylic acids is 1. The van der Waals surface area contributed by atoms with Crippen LogP contribution in [-0.2, 0) is 41.6 Å². The number of fused-ring (bicyclic) bond motifs is 3. The fraction of sp³-hybridized carbons (Fsp3) is 0.304. The standard InChI is InChI=1S/C23H20F4N2O3/c24-15-5-7-19-17(10-15)18-11-16(6-8-20(18)29(19)12-22(31)32)28-21(30)9-13-1-3-14(4-2-13)23(25,26)27/h1-5,7,10,16H,6,8-9,11-12H2,(H,28,30)(H,31,32). The summed E-state index contributed by atoms with van der Waals surface area (Å²) in [6.45, 7) is -0.234. The van der Waals surface area contributed by atoms with E-state index < -0.39 is 23.5 Å². The molecule has 0 radical (unpaired) electrons. The Morgan fingerprint density at radius 3 is 2.50 bits per heavy atom. The molecule has 1 aliphatic carbocycles. The lowest BCUT2D eigenvalue weighted by Gasteiger charge is -2.25. The normalized spacial score (nSPS) is 16.1. The largest absolute Gasteiger partial charge is 0.480 e. The van der Waals surface area contributed by atoms with Gasteiger partial charge in [-0.25, -0.2) is 4.39 Å². The molecule has 1 heterocycles. The van der Waals surface area contributed by atoms with Gasteiger partial charge in [0.25, 0.3) is 0 Å². The summed E-state index contributed by atoms with van der Waals surface area (Å²) >= 11 is 0. The summed E-state index contributed by atoms with van der Waals surface area (Å²) in [6, 6.07) is 8.44. The Morgan fingerprint density at radius 2 is 1.84 bits per heavy atom. The van der Waals surface area contributed by atoms with Crippen molar-refractivity contribution in [2.24, 2.45) is 0 Å². The van der Waals surface area contributed by atoms with E-state index in [0.717, 1.165) is 23.4 Å². The van der Waals surface area contributed by atoms with Gasteiger partial charge in [-0.1, -0.05) is 12.1 Å². The summed E-state index contributed by atoms with van der Waals surface area (Å²) in [7, 11) is 0. The molecule has 2 aromatic carbocycles. The molecule has 168 valence electrons. The molecule has 1 aromatic heterocycles. The molecule has 0 aliphatic heterocycles. The van der Waals surface area contributed by atoms with E-state index in [9.17, 15) is 32.3 Å². The van der Waals surface area contributed by atoms with Gasteiger partial charge < -0.3 is 15.0 Å². The van der Waals surface area contributed by atoms with Crippen molar-refractivity contribution in [3.63, 3.8) is 0 Å². The number of carboxylic acid groups (broad SMARTS) is 1. The number of hydrogen-bond acceptors (Lipinski definition) is 2. The molecule has 5 nitrogen and oxygen atoms in total. The van der Waals surface area contributed by atoms with E-state index in [0.29, 0.717) is 35.7 Å². The van der Waals surface area contributed by atoms with Crippen LogP contribution in [0, 0.1) is 5.82 Å². The highest BCUT2D eigenvalue weighted by Crippen LogP contribution is 2.33. The molecule has 0 bridgehead atoms. The van der Waals surface area contributed by atoms with E-state index in [2.05, 4.69) is 5.32 Å². The summed E-state index contributed by atoms with van der Waals surface area (Å²) in [6.07, 6.45) is -2.98. The predicted molar refractivity (Wildman–Crippen MR) is 109 cm³/mol. The number of amides is 1. The fourth-order valence-corrected chi connectivity index (χ4v) is 4.34. The molecule has 1 amide bonds. The summed E-state index contributed by atoms with van der Waals surface area (Å²) in [5.74, 6) is -1.75. The van der Waals surface area contributed by atoms with Crippen LogP contribution in [0.15, 0.2) is 42.5 Å². The molecular formula is C23H20F4N2O3. The molecule has 2 N–H and O–H groups in total. The van der Waals surface area contributed by atoms with E-state index in [1.165, 1.54) is 24.3 Å². The van der Waals surface area contributed by atoms with E-state index in [1.807, 2.05) is 0 Å². The van der Waals surface area contributed by atoms with Gasteiger partial charge in [0.1, 0.15) is 12.4 Å². The highest BCUT2D eigenvalue weighted by atomic mass is 19.4. The lowest BCUT2D eigenvalue weighted by Crippen LogP contribution is -2.39. The summed E-state index contributed by atoms with van der Waals surface area (Å²) in [5.41, 5.74) is 1.96. The van der Waals surface area contributed by atoms with Crippen LogP contribution in [0.1, 0.15) is 28.8 Å². The predicted octanol–water partition coefficient (Wildman–Crippen LogP) is 4.10. The molecule has 0 saturated heterocycles. The maximum atomic E-state index is 13.9. The molecule has 0 saturated carbocycles. The maximum Gasteiger partial charge on any atom is 0.416 e. The summed E-state index contributed by atoms with van der Waals surface area (Å²) in [5, 5.41) is 12.8. The van der Waals surface area contributed by atoms with Crippen molar-refractivity contribution in [1.82, 2.24) is 9.88 Å². The van der Waals surface area contributed by atoms with Gasteiger partial charge in [-0.15, -0.1) is 0 Å². The molecule has 1 unspecified atom stereocenters. The molecule has 1 atom stereocenters. The first-order chi connectivity index (χ1) is 15.1. The molecule has 0 spiro atoms. The van der Waals surface area contributed by atoms with Crippen molar-refractivity contribution < 1.29 is 32.3 Å². The first-order valence-corrected chi connectivity index (χ1v) is 10.1. The Hall–Kier alpha value is -3.36. The number of aliphatic carboxylic acids is 1. The zero-order valence-electron chi connectivity index (χ0n) is 16.9. The minimum atomic E-state index is -4.43. The minimum Gasteiger partial charge on any atom is -0.480 e. The number of nitrogens with one attached hydrogen (secondary N) is 1. The number of aromatic nitrogens is 1. The van der Waals surface area contributed by atoms with Crippen LogP contribution in [0.2, 0.25) is 0 Å². The van der Waals surface area contributed by atoms with E-state index in [-0.39, 0.29) is 24.9 Å². The SMILES string of the molecule is O=C(O)Cn1c2c(c3cc(F)ccc31)CC(NC(=O)Cc1ccc(C(F)(F)F)cc1)CC2. The maximum absolute atomic E-state index is 13.9. The molecular weight excluding hydrogens is 428 g/mol. The van der Waals surface area contributed by atoms with Gasteiger partial charge in [-0.05, 0) is 60.7 Å². The minimum absolute atomic E-state index is 0.0586. The highest BCUT2D eigenvalue weighted by molar-refractivity contribution is 5.87. The lowest BCUT2D eigenvalue weighted by atomic mass is 9.91. The Bertz CT molecular complexity index is 1180. The van der Waals surface area contributed by atoms with Gasteiger partial charge in [0.05, 0.1) is 12.0 Å². The number of halogens is 4. The number of benzene rings is 2. The highest BCUT2D eigenvalue weighted by Gasteiger charge is 2.30. The van der Waals surface area contributed by atoms with Crippen molar-refractivity contribution in [2.45, 2.75) is 44.4 Å².